The van der Waals surface area contributed by atoms with Crippen LogP contribution in [0.1, 0.15) is 52.4 Å². The molecule has 11 heavy (non-hydrogen) atoms. The fourth-order valence-corrected chi connectivity index (χ4v) is 1.08. The van der Waals surface area contributed by atoms with E-state index in [4.69, 9.17) is 5.73 Å². The maximum atomic E-state index is 5.94. The lowest BCUT2D eigenvalue weighted by Crippen LogP contribution is -2.34. The van der Waals surface area contributed by atoms with Crippen molar-refractivity contribution in [2.75, 3.05) is 0 Å². The maximum Gasteiger partial charge on any atom is 0.0125 e. The van der Waals surface area contributed by atoms with Crippen molar-refractivity contribution in [3.05, 3.63) is 6.92 Å². The zero-order valence-corrected chi connectivity index (χ0v) is 8.03. The molecule has 67 valence electrons. The van der Waals surface area contributed by atoms with Gasteiger partial charge < -0.3 is 5.73 Å². The van der Waals surface area contributed by atoms with Crippen molar-refractivity contribution in [2.24, 2.45) is 5.73 Å². The topological polar surface area (TPSA) is 26.0 Å². The quantitative estimate of drug-likeness (QED) is 0.588. The largest absolute Gasteiger partial charge is 0.325 e. The SMILES string of the molecule is [CH2]CC(C)(N)CCCCCC. The summed E-state index contributed by atoms with van der Waals surface area (Å²) < 4.78 is 0. The lowest BCUT2D eigenvalue weighted by atomic mass is 9.93. The highest BCUT2D eigenvalue weighted by Crippen LogP contribution is 2.15. The minimum Gasteiger partial charge on any atom is -0.325 e. The molecule has 0 saturated heterocycles. The first-order chi connectivity index (χ1) is 5.12. The predicted molar refractivity (Wildman–Crippen MR) is 51.3 cm³/mol. The second-order valence-electron chi connectivity index (χ2n) is 3.71. The van der Waals surface area contributed by atoms with Gasteiger partial charge in [0, 0.05) is 5.54 Å². The van der Waals surface area contributed by atoms with Crippen molar-refractivity contribution in [1.29, 1.82) is 0 Å². The van der Waals surface area contributed by atoms with Crippen molar-refractivity contribution in [3.8, 4) is 0 Å². The summed E-state index contributed by atoms with van der Waals surface area (Å²) in [6.45, 7) is 8.15. The van der Waals surface area contributed by atoms with Gasteiger partial charge in [0.2, 0.25) is 0 Å². The highest BCUT2D eigenvalue weighted by atomic mass is 14.7. The van der Waals surface area contributed by atoms with Gasteiger partial charge >= 0.3 is 0 Å². The van der Waals surface area contributed by atoms with Crippen LogP contribution in [0.3, 0.4) is 0 Å². The second-order valence-corrected chi connectivity index (χ2v) is 3.71. The van der Waals surface area contributed by atoms with Crippen molar-refractivity contribution >= 4 is 0 Å². The Labute approximate surface area is 71.4 Å². The van der Waals surface area contributed by atoms with Crippen LogP contribution in [0, 0.1) is 6.92 Å². The predicted octanol–water partition coefficient (Wildman–Crippen LogP) is 2.90. The van der Waals surface area contributed by atoms with Gasteiger partial charge in [-0.25, -0.2) is 0 Å². The van der Waals surface area contributed by atoms with Gasteiger partial charge in [0.1, 0.15) is 0 Å². The number of hydrogen-bond acceptors (Lipinski definition) is 1. The minimum atomic E-state index is -0.0201. The monoisotopic (exact) mass is 156 g/mol. The molecule has 0 aliphatic carbocycles. The molecule has 0 saturated carbocycles. The molecule has 1 unspecified atom stereocenters. The molecule has 2 N–H and O–H groups in total. The second kappa shape index (κ2) is 5.59. The van der Waals surface area contributed by atoms with E-state index < -0.39 is 0 Å². The van der Waals surface area contributed by atoms with Crippen LogP contribution in [0.4, 0.5) is 0 Å². The van der Waals surface area contributed by atoms with E-state index in [2.05, 4.69) is 20.8 Å². The van der Waals surface area contributed by atoms with E-state index in [-0.39, 0.29) is 5.54 Å². The molecule has 0 aliphatic heterocycles. The van der Waals surface area contributed by atoms with Crippen molar-refractivity contribution < 1.29 is 0 Å². The van der Waals surface area contributed by atoms with Gasteiger partial charge in [0.05, 0.1) is 0 Å². The Morgan fingerprint density at radius 3 is 2.36 bits per heavy atom. The number of unbranched alkanes of at least 4 members (excludes halogenated alkanes) is 3. The van der Waals surface area contributed by atoms with Gasteiger partial charge in [0.25, 0.3) is 0 Å². The fraction of sp³-hybridized carbons (Fsp3) is 0.900. The molecule has 0 rings (SSSR count). The van der Waals surface area contributed by atoms with Gasteiger partial charge in [0.15, 0.2) is 0 Å². The summed E-state index contributed by atoms with van der Waals surface area (Å²) in [6.07, 6.45) is 7.19. The number of rotatable bonds is 6. The first-order valence-corrected chi connectivity index (χ1v) is 4.70. The number of hydrogen-bond donors (Lipinski definition) is 1. The van der Waals surface area contributed by atoms with Crippen LogP contribution in [0.25, 0.3) is 0 Å². The van der Waals surface area contributed by atoms with Gasteiger partial charge in [-0.05, 0) is 19.8 Å². The van der Waals surface area contributed by atoms with Crippen LogP contribution in [0.2, 0.25) is 0 Å². The standard InChI is InChI=1S/C10H22N/c1-4-6-7-8-9-10(3,11)5-2/h2,4-9,11H2,1,3H3. The molecule has 0 aromatic carbocycles. The molecular formula is C10H22N. The Hall–Kier alpha value is -0.0400. The molecule has 0 aliphatic rings. The smallest absolute Gasteiger partial charge is 0.0125 e. The lowest BCUT2D eigenvalue weighted by Gasteiger charge is -2.22. The minimum absolute atomic E-state index is 0.0201. The molecule has 0 bridgehead atoms. The Morgan fingerprint density at radius 2 is 1.91 bits per heavy atom. The highest BCUT2D eigenvalue weighted by Gasteiger charge is 2.13. The van der Waals surface area contributed by atoms with Gasteiger partial charge in [-0.1, -0.05) is 39.5 Å². The van der Waals surface area contributed by atoms with E-state index in [1.165, 1.54) is 25.7 Å². The first kappa shape index (κ1) is 11.0. The molecule has 0 heterocycles. The molecule has 0 fully saturated rings. The average molecular weight is 156 g/mol. The summed E-state index contributed by atoms with van der Waals surface area (Å²) in [5.41, 5.74) is 5.92. The summed E-state index contributed by atoms with van der Waals surface area (Å²) in [5, 5.41) is 0. The Morgan fingerprint density at radius 1 is 1.27 bits per heavy atom. The molecule has 1 nitrogen and oxygen atoms in total. The summed E-state index contributed by atoms with van der Waals surface area (Å²) in [5.74, 6) is 0. The third-order valence-corrected chi connectivity index (χ3v) is 2.17. The van der Waals surface area contributed by atoms with Crippen LogP contribution in [-0.2, 0) is 0 Å². The van der Waals surface area contributed by atoms with Crippen LogP contribution >= 0.6 is 0 Å². The van der Waals surface area contributed by atoms with Crippen LogP contribution in [-0.4, -0.2) is 5.54 Å². The Bertz CT molecular complexity index is 86.9. The zero-order valence-electron chi connectivity index (χ0n) is 8.03. The molecular weight excluding hydrogens is 134 g/mol. The van der Waals surface area contributed by atoms with Crippen LogP contribution in [0.15, 0.2) is 0 Å². The fourth-order valence-electron chi connectivity index (χ4n) is 1.08. The van der Waals surface area contributed by atoms with E-state index in [9.17, 15) is 0 Å². The highest BCUT2D eigenvalue weighted by molar-refractivity contribution is 4.78. The van der Waals surface area contributed by atoms with Crippen LogP contribution < -0.4 is 5.73 Å². The summed E-state index contributed by atoms with van der Waals surface area (Å²) in [4.78, 5) is 0. The van der Waals surface area contributed by atoms with E-state index in [1.54, 1.807) is 0 Å². The molecule has 1 atom stereocenters. The molecule has 0 amide bonds. The van der Waals surface area contributed by atoms with E-state index in [1.807, 2.05) is 0 Å². The maximum absolute atomic E-state index is 5.94. The summed E-state index contributed by atoms with van der Waals surface area (Å²) in [7, 11) is 0. The zero-order chi connectivity index (χ0) is 8.74. The molecule has 0 spiro atoms. The molecule has 1 radical (unpaired) electrons. The number of nitrogens with two attached hydrogens (primary N) is 1. The van der Waals surface area contributed by atoms with Gasteiger partial charge in [-0.2, -0.15) is 0 Å². The van der Waals surface area contributed by atoms with Gasteiger partial charge in [-0.3, -0.25) is 0 Å². The molecule has 0 aromatic heterocycles. The Balaban J connectivity index is 3.23. The third kappa shape index (κ3) is 6.36. The van der Waals surface area contributed by atoms with Crippen molar-refractivity contribution in [2.45, 2.75) is 57.9 Å². The summed E-state index contributed by atoms with van der Waals surface area (Å²) in [6, 6.07) is 0. The normalized spacial score (nSPS) is 16.4. The van der Waals surface area contributed by atoms with Crippen molar-refractivity contribution in [1.82, 2.24) is 0 Å². The van der Waals surface area contributed by atoms with E-state index in [0.717, 1.165) is 12.8 Å². The van der Waals surface area contributed by atoms with Gasteiger partial charge in [-0.15, -0.1) is 0 Å². The average Bonchev–Trinajstić information content (AvgIpc) is 1.99. The van der Waals surface area contributed by atoms with Crippen LogP contribution in [0.5, 0.6) is 0 Å². The third-order valence-electron chi connectivity index (χ3n) is 2.17. The van der Waals surface area contributed by atoms with E-state index >= 15 is 0 Å². The molecule has 0 aromatic rings. The lowest BCUT2D eigenvalue weighted by molar-refractivity contribution is 0.411. The first-order valence-electron chi connectivity index (χ1n) is 4.70. The summed E-state index contributed by atoms with van der Waals surface area (Å²) >= 11 is 0. The van der Waals surface area contributed by atoms with E-state index in [0.29, 0.717) is 0 Å². The Kier molecular flexibility index (Phi) is 5.57. The van der Waals surface area contributed by atoms with Crippen molar-refractivity contribution in [3.63, 3.8) is 0 Å². The molecule has 1 heteroatoms.